The lowest BCUT2D eigenvalue weighted by Gasteiger charge is -2.12. The van der Waals surface area contributed by atoms with Gasteiger partial charge in [0.15, 0.2) is 5.69 Å². The Morgan fingerprint density at radius 1 is 1.30 bits per heavy atom. The Hall–Kier alpha value is -2.31. The third kappa shape index (κ3) is 2.66. The lowest BCUT2D eigenvalue weighted by Crippen LogP contribution is -2.18. The van der Waals surface area contributed by atoms with Crippen LogP contribution in [0.1, 0.15) is 23.0 Å². The topological polar surface area (TPSA) is 44.1 Å². The number of halogens is 3. The molecule has 1 heterocycles. The van der Waals surface area contributed by atoms with Crippen LogP contribution in [-0.4, -0.2) is 22.4 Å². The second-order valence-corrected chi connectivity index (χ2v) is 3.87. The van der Waals surface area contributed by atoms with Crippen LogP contribution in [0.5, 0.6) is 0 Å². The average molecular weight is 284 g/mol. The van der Waals surface area contributed by atoms with Crippen molar-refractivity contribution in [1.82, 2.24) is 9.78 Å². The number of hydrogen-bond donors (Lipinski definition) is 0. The zero-order chi connectivity index (χ0) is 14.8. The summed E-state index contributed by atoms with van der Waals surface area (Å²) in [5.74, 6) is -1.04. The monoisotopic (exact) mass is 284 g/mol. The smallest absolute Gasteiger partial charge is 0.434 e. The highest BCUT2D eigenvalue weighted by atomic mass is 19.4. The minimum Gasteiger partial charge on any atom is -0.462 e. The van der Waals surface area contributed by atoms with E-state index in [0.717, 1.165) is 6.20 Å². The van der Waals surface area contributed by atoms with Gasteiger partial charge in [-0.25, -0.2) is 9.48 Å². The van der Waals surface area contributed by atoms with Gasteiger partial charge in [-0.15, -0.1) is 0 Å². The van der Waals surface area contributed by atoms with Crippen LogP contribution in [0.3, 0.4) is 0 Å². The first-order valence-corrected chi connectivity index (χ1v) is 5.83. The fourth-order valence-corrected chi connectivity index (χ4v) is 1.74. The first-order chi connectivity index (χ1) is 9.45. The molecule has 0 atom stereocenters. The van der Waals surface area contributed by atoms with Crippen LogP contribution in [0.25, 0.3) is 5.69 Å². The minimum absolute atomic E-state index is 0.00729. The van der Waals surface area contributed by atoms with Crippen LogP contribution in [0.15, 0.2) is 36.5 Å². The van der Waals surface area contributed by atoms with Gasteiger partial charge < -0.3 is 4.74 Å². The summed E-state index contributed by atoms with van der Waals surface area (Å²) in [6, 6.07) is 7.78. The molecule has 0 bridgehead atoms. The Balaban J connectivity index is 2.57. The number of alkyl halides is 3. The van der Waals surface area contributed by atoms with E-state index < -0.39 is 23.4 Å². The summed E-state index contributed by atoms with van der Waals surface area (Å²) in [5.41, 5.74) is -1.51. The molecule has 20 heavy (non-hydrogen) atoms. The third-order valence-electron chi connectivity index (χ3n) is 2.53. The van der Waals surface area contributed by atoms with Crippen molar-refractivity contribution in [2.75, 3.05) is 6.61 Å². The number of carbonyl (C=O) groups excluding carboxylic acids is 1. The molecule has 0 unspecified atom stereocenters. The number of rotatable bonds is 3. The van der Waals surface area contributed by atoms with Gasteiger partial charge in [0.1, 0.15) is 5.56 Å². The summed E-state index contributed by atoms with van der Waals surface area (Å²) in [7, 11) is 0. The molecule has 0 fully saturated rings. The predicted molar refractivity (Wildman–Crippen MR) is 64.5 cm³/mol. The van der Waals surface area contributed by atoms with Gasteiger partial charge in [0.05, 0.1) is 18.5 Å². The number of aromatic nitrogens is 2. The van der Waals surface area contributed by atoms with Crippen molar-refractivity contribution in [3.8, 4) is 5.69 Å². The van der Waals surface area contributed by atoms with E-state index in [1.165, 1.54) is 19.1 Å². The van der Waals surface area contributed by atoms with Gasteiger partial charge >= 0.3 is 12.1 Å². The standard InChI is InChI=1S/C13H11F3N2O2/c1-2-20-12(19)10-8-17-18(11(10)13(14,15)16)9-6-4-3-5-7-9/h3-8H,2H2,1H3. The molecule has 0 N–H and O–H groups in total. The number of para-hydroxylation sites is 1. The second kappa shape index (κ2) is 5.36. The van der Waals surface area contributed by atoms with Crippen LogP contribution < -0.4 is 0 Å². The molecule has 2 aromatic rings. The van der Waals surface area contributed by atoms with Crippen LogP contribution >= 0.6 is 0 Å². The van der Waals surface area contributed by atoms with Gasteiger partial charge in [-0.05, 0) is 19.1 Å². The lowest BCUT2D eigenvalue weighted by atomic mass is 10.2. The van der Waals surface area contributed by atoms with Crippen molar-refractivity contribution in [2.45, 2.75) is 13.1 Å². The average Bonchev–Trinajstić information content (AvgIpc) is 2.84. The highest BCUT2D eigenvalue weighted by molar-refractivity contribution is 5.90. The highest BCUT2D eigenvalue weighted by Crippen LogP contribution is 2.33. The van der Waals surface area contributed by atoms with E-state index >= 15 is 0 Å². The number of benzene rings is 1. The van der Waals surface area contributed by atoms with Gasteiger partial charge in [-0.3, -0.25) is 0 Å². The van der Waals surface area contributed by atoms with E-state index in [-0.39, 0.29) is 12.3 Å². The van der Waals surface area contributed by atoms with Crippen molar-refractivity contribution in [2.24, 2.45) is 0 Å². The molecule has 0 saturated heterocycles. The summed E-state index contributed by atoms with van der Waals surface area (Å²) in [5, 5.41) is 3.65. The van der Waals surface area contributed by atoms with Crippen LogP contribution in [0.4, 0.5) is 13.2 Å². The maximum absolute atomic E-state index is 13.2. The SMILES string of the molecule is CCOC(=O)c1cnn(-c2ccccc2)c1C(F)(F)F. The Labute approximate surface area is 112 Å². The van der Waals surface area contributed by atoms with Crippen LogP contribution in [-0.2, 0) is 10.9 Å². The summed E-state index contributed by atoms with van der Waals surface area (Å²) >= 11 is 0. The fraction of sp³-hybridized carbons (Fsp3) is 0.231. The number of esters is 1. The van der Waals surface area contributed by atoms with Crippen molar-refractivity contribution < 1.29 is 22.7 Å². The predicted octanol–water partition coefficient (Wildman–Crippen LogP) is 3.07. The Kier molecular flexibility index (Phi) is 3.78. The fourth-order valence-electron chi connectivity index (χ4n) is 1.74. The van der Waals surface area contributed by atoms with Crippen LogP contribution in [0, 0.1) is 0 Å². The molecule has 106 valence electrons. The van der Waals surface area contributed by atoms with Crippen molar-refractivity contribution in [3.05, 3.63) is 47.8 Å². The molecule has 0 aliphatic carbocycles. The number of ether oxygens (including phenoxy) is 1. The number of carbonyl (C=O) groups is 1. The Bertz CT molecular complexity index is 606. The third-order valence-corrected chi connectivity index (χ3v) is 2.53. The quantitative estimate of drug-likeness (QED) is 0.814. The summed E-state index contributed by atoms with van der Waals surface area (Å²) in [6.45, 7) is 1.51. The van der Waals surface area contributed by atoms with E-state index in [0.29, 0.717) is 4.68 Å². The summed E-state index contributed by atoms with van der Waals surface area (Å²) in [4.78, 5) is 11.6. The van der Waals surface area contributed by atoms with Gasteiger partial charge in [-0.2, -0.15) is 18.3 Å². The molecular formula is C13H11F3N2O2. The molecule has 0 aliphatic heterocycles. The first kappa shape index (κ1) is 14.1. The van der Waals surface area contributed by atoms with E-state index in [1.54, 1.807) is 18.2 Å². The molecule has 0 radical (unpaired) electrons. The van der Waals surface area contributed by atoms with E-state index in [1.807, 2.05) is 0 Å². The van der Waals surface area contributed by atoms with Crippen molar-refractivity contribution >= 4 is 5.97 Å². The van der Waals surface area contributed by atoms with E-state index in [4.69, 9.17) is 0 Å². The van der Waals surface area contributed by atoms with E-state index in [2.05, 4.69) is 9.84 Å². The molecule has 4 nitrogen and oxygen atoms in total. The molecule has 0 aliphatic rings. The van der Waals surface area contributed by atoms with Crippen LogP contribution in [0.2, 0.25) is 0 Å². The summed E-state index contributed by atoms with van der Waals surface area (Å²) < 4.78 is 44.8. The molecule has 1 aromatic carbocycles. The molecule has 1 aromatic heterocycles. The number of nitrogens with zero attached hydrogens (tertiary/aromatic N) is 2. The van der Waals surface area contributed by atoms with Gasteiger partial charge in [0.25, 0.3) is 0 Å². The Morgan fingerprint density at radius 2 is 1.95 bits per heavy atom. The first-order valence-electron chi connectivity index (χ1n) is 5.83. The molecule has 0 amide bonds. The largest absolute Gasteiger partial charge is 0.462 e. The van der Waals surface area contributed by atoms with Gasteiger partial charge in [-0.1, -0.05) is 18.2 Å². The Morgan fingerprint density at radius 3 is 2.50 bits per heavy atom. The lowest BCUT2D eigenvalue weighted by molar-refractivity contribution is -0.143. The van der Waals surface area contributed by atoms with Crippen molar-refractivity contribution in [3.63, 3.8) is 0 Å². The van der Waals surface area contributed by atoms with Crippen molar-refractivity contribution in [1.29, 1.82) is 0 Å². The maximum atomic E-state index is 13.2. The highest BCUT2D eigenvalue weighted by Gasteiger charge is 2.41. The van der Waals surface area contributed by atoms with Gasteiger partial charge in [0, 0.05) is 0 Å². The summed E-state index contributed by atoms with van der Waals surface area (Å²) in [6.07, 6.45) is -3.84. The molecule has 0 spiro atoms. The molecule has 2 rings (SSSR count). The number of hydrogen-bond acceptors (Lipinski definition) is 3. The molecule has 7 heteroatoms. The van der Waals surface area contributed by atoms with Gasteiger partial charge in [0.2, 0.25) is 0 Å². The zero-order valence-electron chi connectivity index (χ0n) is 10.5. The van der Waals surface area contributed by atoms with E-state index in [9.17, 15) is 18.0 Å². The normalized spacial score (nSPS) is 11.4. The minimum atomic E-state index is -4.71. The molecular weight excluding hydrogens is 273 g/mol. The molecule has 0 saturated carbocycles. The zero-order valence-corrected chi connectivity index (χ0v) is 10.5. The second-order valence-electron chi connectivity index (χ2n) is 3.87. The maximum Gasteiger partial charge on any atom is 0.434 e.